The molecule has 5 nitrogen and oxygen atoms in total. The number of nitrogens with one attached hydrogen (secondary N) is 1. The SMILES string of the molecule is COc1ccc(-c2cncc3ccc(C(=O)NCCCc4ccccc4)nc23)cc1. The molecule has 2 heterocycles. The maximum Gasteiger partial charge on any atom is 0.269 e. The topological polar surface area (TPSA) is 64.1 Å². The number of benzene rings is 2. The Labute approximate surface area is 175 Å². The lowest BCUT2D eigenvalue weighted by molar-refractivity contribution is 0.0948. The van der Waals surface area contributed by atoms with Gasteiger partial charge in [-0.2, -0.15) is 0 Å². The predicted octanol–water partition coefficient (Wildman–Crippen LogP) is 4.67. The number of carbonyl (C=O) groups excluding carboxylic acids is 1. The van der Waals surface area contributed by atoms with E-state index in [1.54, 1.807) is 25.6 Å². The number of hydrogen-bond donors (Lipinski definition) is 1. The molecule has 0 aliphatic heterocycles. The predicted molar refractivity (Wildman–Crippen MR) is 119 cm³/mol. The number of ether oxygens (including phenoxy) is 1. The van der Waals surface area contributed by atoms with E-state index >= 15 is 0 Å². The van der Waals surface area contributed by atoms with Crippen LogP contribution in [0.3, 0.4) is 0 Å². The summed E-state index contributed by atoms with van der Waals surface area (Å²) in [5.74, 6) is 0.623. The average Bonchev–Trinajstić information content (AvgIpc) is 2.81. The van der Waals surface area contributed by atoms with E-state index in [1.807, 2.05) is 48.5 Å². The monoisotopic (exact) mass is 397 g/mol. The van der Waals surface area contributed by atoms with Crippen molar-refractivity contribution in [3.8, 4) is 16.9 Å². The second kappa shape index (κ2) is 9.18. The molecule has 1 N–H and O–H groups in total. The summed E-state index contributed by atoms with van der Waals surface area (Å²) in [4.78, 5) is 21.6. The Morgan fingerprint density at radius 3 is 2.53 bits per heavy atom. The third-order valence-electron chi connectivity index (χ3n) is 5.00. The molecule has 1 amide bonds. The van der Waals surface area contributed by atoms with Crippen LogP contribution in [0.5, 0.6) is 5.75 Å². The molecule has 0 bridgehead atoms. The first-order valence-corrected chi connectivity index (χ1v) is 9.96. The van der Waals surface area contributed by atoms with E-state index in [4.69, 9.17) is 4.74 Å². The van der Waals surface area contributed by atoms with Gasteiger partial charge in [-0.1, -0.05) is 42.5 Å². The average molecular weight is 397 g/mol. The molecule has 150 valence electrons. The fraction of sp³-hybridized carbons (Fsp3) is 0.160. The Balaban J connectivity index is 1.49. The Hall–Kier alpha value is -3.73. The Morgan fingerprint density at radius 2 is 1.77 bits per heavy atom. The van der Waals surface area contributed by atoms with E-state index in [0.29, 0.717) is 12.2 Å². The molecule has 0 unspecified atom stereocenters. The minimum Gasteiger partial charge on any atom is -0.497 e. The molecular formula is C25H23N3O2. The highest BCUT2D eigenvalue weighted by atomic mass is 16.5. The molecule has 2 aromatic heterocycles. The van der Waals surface area contributed by atoms with Crippen molar-refractivity contribution in [2.45, 2.75) is 12.8 Å². The van der Waals surface area contributed by atoms with Gasteiger partial charge in [0.25, 0.3) is 5.91 Å². The van der Waals surface area contributed by atoms with Crippen molar-refractivity contribution in [1.82, 2.24) is 15.3 Å². The van der Waals surface area contributed by atoms with Crippen molar-refractivity contribution in [1.29, 1.82) is 0 Å². The number of aromatic nitrogens is 2. The van der Waals surface area contributed by atoms with Gasteiger partial charge in [0.1, 0.15) is 11.4 Å². The lowest BCUT2D eigenvalue weighted by Gasteiger charge is -2.09. The van der Waals surface area contributed by atoms with Gasteiger partial charge in [-0.05, 0) is 48.2 Å². The van der Waals surface area contributed by atoms with Crippen LogP contribution in [0.2, 0.25) is 0 Å². The summed E-state index contributed by atoms with van der Waals surface area (Å²) in [6.45, 7) is 0.606. The van der Waals surface area contributed by atoms with Gasteiger partial charge in [0.2, 0.25) is 0 Å². The first-order valence-electron chi connectivity index (χ1n) is 9.96. The molecule has 0 atom stereocenters. The number of nitrogens with zero attached hydrogens (tertiary/aromatic N) is 2. The highest BCUT2D eigenvalue weighted by Gasteiger charge is 2.11. The molecule has 0 aliphatic carbocycles. The van der Waals surface area contributed by atoms with Crippen LogP contribution in [-0.2, 0) is 6.42 Å². The fourth-order valence-corrected chi connectivity index (χ4v) is 3.38. The minimum absolute atomic E-state index is 0.164. The number of aryl methyl sites for hydroxylation is 1. The van der Waals surface area contributed by atoms with Crippen molar-refractivity contribution < 1.29 is 9.53 Å². The van der Waals surface area contributed by atoms with Gasteiger partial charge in [0.05, 0.1) is 12.6 Å². The molecule has 30 heavy (non-hydrogen) atoms. The molecule has 0 saturated carbocycles. The third kappa shape index (κ3) is 4.46. The summed E-state index contributed by atoms with van der Waals surface area (Å²) in [7, 11) is 1.64. The maximum atomic E-state index is 12.6. The van der Waals surface area contributed by atoms with Crippen molar-refractivity contribution in [3.63, 3.8) is 0 Å². The number of carbonyl (C=O) groups is 1. The zero-order valence-corrected chi connectivity index (χ0v) is 16.8. The van der Waals surface area contributed by atoms with Crippen LogP contribution in [0.1, 0.15) is 22.5 Å². The number of rotatable bonds is 7. The number of pyridine rings is 2. The normalized spacial score (nSPS) is 10.7. The third-order valence-corrected chi connectivity index (χ3v) is 5.00. The van der Waals surface area contributed by atoms with E-state index in [0.717, 1.165) is 40.6 Å². The Bertz CT molecular complexity index is 1140. The van der Waals surface area contributed by atoms with Gasteiger partial charge in [-0.15, -0.1) is 0 Å². The van der Waals surface area contributed by atoms with Gasteiger partial charge in [0.15, 0.2) is 0 Å². The lowest BCUT2D eigenvalue weighted by Crippen LogP contribution is -2.25. The highest BCUT2D eigenvalue weighted by molar-refractivity contribution is 5.98. The number of amides is 1. The van der Waals surface area contributed by atoms with Crippen molar-refractivity contribution in [2.24, 2.45) is 0 Å². The van der Waals surface area contributed by atoms with E-state index < -0.39 is 0 Å². The second-order valence-electron chi connectivity index (χ2n) is 7.03. The number of fused-ring (bicyclic) bond motifs is 1. The summed E-state index contributed by atoms with van der Waals surface area (Å²) >= 11 is 0. The molecule has 4 rings (SSSR count). The Kier molecular flexibility index (Phi) is 5.99. The first-order chi connectivity index (χ1) is 14.7. The molecule has 5 heteroatoms. The molecule has 2 aromatic carbocycles. The van der Waals surface area contributed by atoms with Crippen LogP contribution < -0.4 is 10.1 Å². The zero-order chi connectivity index (χ0) is 20.8. The van der Waals surface area contributed by atoms with Crippen LogP contribution in [-0.4, -0.2) is 29.5 Å². The highest BCUT2D eigenvalue weighted by Crippen LogP contribution is 2.28. The molecule has 0 radical (unpaired) electrons. The van der Waals surface area contributed by atoms with Crippen molar-refractivity contribution in [3.05, 3.63) is 90.4 Å². The fourth-order valence-electron chi connectivity index (χ4n) is 3.38. The van der Waals surface area contributed by atoms with Crippen molar-refractivity contribution >= 4 is 16.8 Å². The summed E-state index contributed by atoms with van der Waals surface area (Å²) in [6.07, 6.45) is 5.35. The van der Waals surface area contributed by atoms with E-state index in [1.165, 1.54) is 5.56 Å². The van der Waals surface area contributed by atoms with Crippen molar-refractivity contribution in [2.75, 3.05) is 13.7 Å². The smallest absolute Gasteiger partial charge is 0.269 e. The number of methoxy groups -OCH3 is 1. The molecule has 4 aromatic rings. The van der Waals surface area contributed by atoms with Crippen LogP contribution in [0.25, 0.3) is 22.0 Å². The second-order valence-corrected chi connectivity index (χ2v) is 7.03. The van der Waals surface area contributed by atoms with E-state index in [9.17, 15) is 4.79 Å². The van der Waals surface area contributed by atoms with Crippen LogP contribution >= 0.6 is 0 Å². The van der Waals surface area contributed by atoms with Crippen LogP contribution in [0.15, 0.2) is 79.1 Å². The summed E-state index contributed by atoms with van der Waals surface area (Å²) in [6, 6.07) is 21.6. The lowest BCUT2D eigenvalue weighted by atomic mass is 10.0. The van der Waals surface area contributed by atoms with Gasteiger partial charge < -0.3 is 10.1 Å². The Morgan fingerprint density at radius 1 is 0.967 bits per heavy atom. The largest absolute Gasteiger partial charge is 0.497 e. The van der Waals surface area contributed by atoms with Crippen LogP contribution in [0, 0.1) is 0 Å². The van der Waals surface area contributed by atoms with Gasteiger partial charge in [0, 0.05) is 29.9 Å². The molecule has 0 aliphatic rings. The quantitative estimate of drug-likeness (QED) is 0.460. The first kappa shape index (κ1) is 19.6. The summed E-state index contributed by atoms with van der Waals surface area (Å²) in [5.41, 5.74) is 4.29. The molecular weight excluding hydrogens is 374 g/mol. The van der Waals surface area contributed by atoms with Gasteiger partial charge >= 0.3 is 0 Å². The maximum absolute atomic E-state index is 12.6. The van der Waals surface area contributed by atoms with Gasteiger partial charge in [-0.25, -0.2) is 4.98 Å². The molecule has 0 fully saturated rings. The van der Waals surface area contributed by atoms with E-state index in [2.05, 4.69) is 27.4 Å². The zero-order valence-electron chi connectivity index (χ0n) is 16.8. The summed E-state index contributed by atoms with van der Waals surface area (Å²) < 4.78 is 5.23. The standard InChI is InChI=1S/C25H23N3O2/c1-30-21-12-9-19(10-13-21)22-17-26-16-20-11-14-23(28-24(20)22)25(29)27-15-5-8-18-6-3-2-4-7-18/h2-4,6-7,9-14,16-17H,5,8,15H2,1H3,(H,27,29). The van der Waals surface area contributed by atoms with E-state index in [-0.39, 0.29) is 5.91 Å². The van der Waals surface area contributed by atoms with Crippen LogP contribution in [0.4, 0.5) is 0 Å². The number of hydrogen-bond acceptors (Lipinski definition) is 4. The molecule has 0 spiro atoms. The van der Waals surface area contributed by atoms with Gasteiger partial charge in [-0.3, -0.25) is 9.78 Å². The molecule has 0 saturated heterocycles. The summed E-state index contributed by atoms with van der Waals surface area (Å²) in [5, 5.41) is 3.87. The minimum atomic E-state index is -0.164.